The molecule has 2 aliphatic rings. The lowest BCUT2D eigenvalue weighted by Crippen LogP contribution is -2.40. The van der Waals surface area contributed by atoms with Crippen molar-refractivity contribution in [3.63, 3.8) is 0 Å². The number of aromatic nitrogens is 1. The number of carbonyl (C=O) groups is 1. The van der Waals surface area contributed by atoms with Crippen LogP contribution < -0.4 is 15.6 Å². The van der Waals surface area contributed by atoms with Gasteiger partial charge in [0.2, 0.25) is 0 Å². The third-order valence-corrected chi connectivity index (χ3v) is 5.91. The summed E-state index contributed by atoms with van der Waals surface area (Å²) in [7, 11) is 1.67. The number of fused-ring (bicyclic) bond motifs is 1. The van der Waals surface area contributed by atoms with Gasteiger partial charge in [-0.05, 0) is 55.0 Å². The van der Waals surface area contributed by atoms with Gasteiger partial charge in [-0.2, -0.15) is 0 Å². The Bertz CT molecular complexity index is 897. The van der Waals surface area contributed by atoms with Gasteiger partial charge in [0.25, 0.3) is 11.5 Å². The van der Waals surface area contributed by atoms with E-state index in [-0.39, 0.29) is 29.1 Å². The van der Waals surface area contributed by atoms with Gasteiger partial charge in [-0.3, -0.25) is 9.59 Å². The van der Waals surface area contributed by atoms with Crippen LogP contribution in [0.1, 0.15) is 66.1 Å². The zero-order valence-electron chi connectivity index (χ0n) is 15.7. The van der Waals surface area contributed by atoms with E-state index in [0.29, 0.717) is 0 Å². The van der Waals surface area contributed by atoms with Crippen LogP contribution in [0.3, 0.4) is 0 Å². The summed E-state index contributed by atoms with van der Waals surface area (Å²) in [6.45, 7) is 0. The molecule has 0 aliphatic heterocycles. The summed E-state index contributed by atoms with van der Waals surface area (Å²) in [4.78, 5) is 25.8. The summed E-state index contributed by atoms with van der Waals surface area (Å²) >= 11 is 0. The summed E-state index contributed by atoms with van der Waals surface area (Å²) in [5.41, 5.74) is 2.29. The van der Waals surface area contributed by atoms with Crippen molar-refractivity contribution in [1.29, 1.82) is 0 Å². The number of pyridine rings is 1. The first kappa shape index (κ1) is 17.8. The van der Waals surface area contributed by atoms with Crippen molar-refractivity contribution in [2.45, 2.75) is 57.0 Å². The molecule has 1 amide bonds. The molecule has 1 aromatic heterocycles. The molecule has 1 N–H and O–H groups in total. The standard InChI is InChI=1S/C22H26N2O3/c1-27-20-11-5-9-16-17(20)12-13-19(16)24-14-6-10-18(22(24)26)21(25)23-15-7-3-2-4-8-15/h5-6,9-11,14-15,19H,2-4,7-8,12-13H2,1H3,(H,23,25). The molecule has 0 radical (unpaired) electrons. The molecule has 1 heterocycles. The molecule has 4 rings (SSSR count). The van der Waals surface area contributed by atoms with Crippen LogP contribution >= 0.6 is 0 Å². The maximum atomic E-state index is 13.1. The lowest BCUT2D eigenvalue weighted by atomic mass is 9.95. The lowest BCUT2D eigenvalue weighted by Gasteiger charge is -2.23. The van der Waals surface area contributed by atoms with Crippen molar-refractivity contribution < 1.29 is 9.53 Å². The van der Waals surface area contributed by atoms with Crippen LogP contribution in [-0.4, -0.2) is 23.6 Å². The third-order valence-electron chi connectivity index (χ3n) is 5.91. The fourth-order valence-corrected chi connectivity index (χ4v) is 4.52. The monoisotopic (exact) mass is 366 g/mol. The Labute approximate surface area is 159 Å². The van der Waals surface area contributed by atoms with E-state index < -0.39 is 0 Å². The molecular weight excluding hydrogens is 340 g/mol. The molecule has 2 aliphatic carbocycles. The first-order valence-corrected chi connectivity index (χ1v) is 9.87. The zero-order chi connectivity index (χ0) is 18.8. The Morgan fingerprint density at radius 2 is 1.93 bits per heavy atom. The van der Waals surface area contributed by atoms with Crippen molar-refractivity contribution in [2.24, 2.45) is 0 Å². The Kier molecular flexibility index (Phi) is 5.01. The van der Waals surface area contributed by atoms with Crippen LogP contribution in [0.4, 0.5) is 0 Å². The van der Waals surface area contributed by atoms with Crippen molar-refractivity contribution >= 4 is 5.91 Å². The smallest absolute Gasteiger partial charge is 0.263 e. The fourth-order valence-electron chi connectivity index (χ4n) is 4.52. The van der Waals surface area contributed by atoms with E-state index in [1.165, 1.54) is 6.42 Å². The Balaban J connectivity index is 1.62. The van der Waals surface area contributed by atoms with Gasteiger partial charge in [0, 0.05) is 12.2 Å². The van der Waals surface area contributed by atoms with E-state index in [9.17, 15) is 9.59 Å². The molecule has 5 nitrogen and oxygen atoms in total. The number of carbonyl (C=O) groups excluding carboxylic acids is 1. The van der Waals surface area contributed by atoms with Gasteiger partial charge in [-0.25, -0.2) is 0 Å². The highest BCUT2D eigenvalue weighted by Crippen LogP contribution is 2.38. The van der Waals surface area contributed by atoms with Gasteiger partial charge >= 0.3 is 0 Å². The highest BCUT2D eigenvalue weighted by atomic mass is 16.5. The van der Waals surface area contributed by atoms with Gasteiger partial charge in [0.1, 0.15) is 11.3 Å². The van der Waals surface area contributed by atoms with E-state index in [2.05, 4.69) is 11.4 Å². The number of nitrogens with zero attached hydrogens (tertiary/aromatic N) is 1. The number of hydrogen-bond acceptors (Lipinski definition) is 3. The molecule has 5 heteroatoms. The second-order valence-corrected chi connectivity index (χ2v) is 7.53. The highest BCUT2D eigenvalue weighted by Gasteiger charge is 2.28. The molecule has 1 aromatic carbocycles. The zero-order valence-corrected chi connectivity index (χ0v) is 15.7. The molecule has 0 saturated heterocycles. The summed E-state index contributed by atoms with van der Waals surface area (Å²) in [5, 5.41) is 3.06. The summed E-state index contributed by atoms with van der Waals surface area (Å²) in [5.74, 6) is 0.624. The fraction of sp³-hybridized carbons (Fsp3) is 0.455. The molecule has 142 valence electrons. The third kappa shape index (κ3) is 3.38. The maximum Gasteiger partial charge on any atom is 0.263 e. The molecule has 1 saturated carbocycles. The van der Waals surface area contributed by atoms with Crippen LogP contribution in [0.5, 0.6) is 5.75 Å². The van der Waals surface area contributed by atoms with Crippen molar-refractivity contribution in [3.05, 3.63) is 63.6 Å². The molecule has 1 atom stereocenters. The van der Waals surface area contributed by atoms with E-state index >= 15 is 0 Å². The van der Waals surface area contributed by atoms with Gasteiger partial charge in [-0.1, -0.05) is 31.4 Å². The number of amides is 1. The quantitative estimate of drug-likeness (QED) is 0.901. The van der Waals surface area contributed by atoms with Gasteiger partial charge in [0.05, 0.1) is 13.2 Å². The maximum absolute atomic E-state index is 13.1. The van der Waals surface area contributed by atoms with Crippen LogP contribution in [0, 0.1) is 0 Å². The molecule has 0 bridgehead atoms. The predicted molar refractivity (Wildman–Crippen MR) is 104 cm³/mol. The Morgan fingerprint density at radius 3 is 2.70 bits per heavy atom. The summed E-state index contributed by atoms with van der Waals surface area (Å²) < 4.78 is 7.18. The second-order valence-electron chi connectivity index (χ2n) is 7.53. The normalized spacial score (nSPS) is 19.5. The molecule has 1 unspecified atom stereocenters. The number of ether oxygens (including phenoxy) is 1. The number of methoxy groups -OCH3 is 1. The topological polar surface area (TPSA) is 60.3 Å². The number of rotatable bonds is 4. The van der Waals surface area contributed by atoms with Gasteiger partial charge in [0.15, 0.2) is 0 Å². The molecule has 27 heavy (non-hydrogen) atoms. The van der Waals surface area contributed by atoms with Crippen LogP contribution in [0.15, 0.2) is 41.3 Å². The summed E-state index contributed by atoms with van der Waals surface area (Å²) in [6.07, 6.45) is 9.02. The molecule has 0 spiro atoms. The first-order chi connectivity index (χ1) is 13.2. The minimum absolute atomic E-state index is 0.0509. The van der Waals surface area contributed by atoms with Crippen LogP contribution in [0.2, 0.25) is 0 Å². The average Bonchev–Trinajstić information content (AvgIpc) is 3.13. The minimum atomic E-state index is -0.245. The van der Waals surface area contributed by atoms with E-state index in [1.54, 1.807) is 30.0 Å². The number of hydrogen-bond donors (Lipinski definition) is 1. The van der Waals surface area contributed by atoms with Crippen LogP contribution in [-0.2, 0) is 6.42 Å². The van der Waals surface area contributed by atoms with E-state index in [0.717, 1.165) is 55.4 Å². The van der Waals surface area contributed by atoms with E-state index in [1.807, 2.05) is 12.1 Å². The molecular formula is C22H26N2O3. The molecule has 1 fully saturated rings. The largest absolute Gasteiger partial charge is 0.496 e. The Morgan fingerprint density at radius 1 is 1.11 bits per heavy atom. The van der Waals surface area contributed by atoms with Crippen molar-refractivity contribution in [3.8, 4) is 5.75 Å². The Hall–Kier alpha value is -2.56. The predicted octanol–water partition coefficient (Wildman–Crippen LogP) is 3.46. The van der Waals surface area contributed by atoms with E-state index in [4.69, 9.17) is 4.74 Å². The van der Waals surface area contributed by atoms with Crippen molar-refractivity contribution in [2.75, 3.05) is 7.11 Å². The average molecular weight is 366 g/mol. The van der Waals surface area contributed by atoms with Crippen LogP contribution in [0.25, 0.3) is 0 Å². The number of benzene rings is 1. The molecule has 2 aromatic rings. The first-order valence-electron chi connectivity index (χ1n) is 9.87. The van der Waals surface area contributed by atoms with Crippen molar-refractivity contribution in [1.82, 2.24) is 9.88 Å². The minimum Gasteiger partial charge on any atom is -0.496 e. The SMILES string of the molecule is COc1cccc2c1CCC2n1cccc(C(=O)NC2CCCCC2)c1=O. The van der Waals surface area contributed by atoms with Gasteiger partial charge in [-0.15, -0.1) is 0 Å². The summed E-state index contributed by atoms with van der Waals surface area (Å²) in [6, 6.07) is 9.55. The highest BCUT2D eigenvalue weighted by molar-refractivity contribution is 5.94. The number of nitrogens with one attached hydrogen (secondary N) is 1. The lowest BCUT2D eigenvalue weighted by molar-refractivity contribution is 0.0925. The second kappa shape index (κ2) is 7.59. The van der Waals surface area contributed by atoms with Gasteiger partial charge < -0.3 is 14.6 Å².